The summed E-state index contributed by atoms with van der Waals surface area (Å²) in [5.74, 6) is -0.182. The smallest absolute Gasteiger partial charge is 0.262 e. The quantitative estimate of drug-likeness (QED) is 0.546. The first kappa shape index (κ1) is 12.8. The van der Waals surface area contributed by atoms with Gasteiger partial charge in [0.15, 0.2) is 5.11 Å². The number of rotatable bonds is 3. The van der Waals surface area contributed by atoms with Gasteiger partial charge in [0, 0.05) is 12.2 Å². The van der Waals surface area contributed by atoms with Crippen LogP contribution in [0.4, 0.5) is 0 Å². The van der Waals surface area contributed by atoms with E-state index in [-0.39, 0.29) is 11.9 Å². The molecule has 1 saturated carbocycles. The Morgan fingerprint density at radius 3 is 2.83 bits per heavy atom. The second-order valence-corrected chi connectivity index (χ2v) is 4.94. The molecular formula is C11H17N5OS. The number of aryl methyl sites for hydroxylation is 1. The number of aromatic nitrogens is 2. The SMILES string of the molecule is Cc1cnn(C(C)C(=O)NNC(=S)NC2CC2)c1. The van der Waals surface area contributed by atoms with Gasteiger partial charge in [0.1, 0.15) is 6.04 Å². The number of hydrogen-bond acceptors (Lipinski definition) is 3. The lowest BCUT2D eigenvalue weighted by atomic mass is 10.3. The van der Waals surface area contributed by atoms with Crippen LogP contribution < -0.4 is 16.2 Å². The number of thiocarbonyl (C=S) groups is 1. The van der Waals surface area contributed by atoms with Crippen molar-refractivity contribution in [3.63, 3.8) is 0 Å². The van der Waals surface area contributed by atoms with Gasteiger partial charge in [0.25, 0.3) is 5.91 Å². The molecule has 98 valence electrons. The molecule has 1 aliphatic rings. The molecule has 1 heterocycles. The van der Waals surface area contributed by atoms with Gasteiger partial charge in [-0.05, 0) is 44.5 Å². The summed E-state index contributed by atoms with van der Waals surface area (Å²) in [7, 11) is 0. The van der Waals surface area contributed by atoms with E-state index in [1.807, 2.05) is 13.1 Å². The van der Waals surface area contributed by atoms with Crippen LogP contribution in [0.5, 0.6) is 0 Å². The molecule has 18 heavy (non-hydrogen) atoms. The van der Waals surface area contributed by atoms with Crippen LogP contribution in [0.25, 0.3) is 0 Å². The Bertz CT molecular complexity index is 454. The van der Waals surface area contributed by atoms with Crippen LogP contribution in [0.15, 0.2) is 12.4 Å². The molecule has 1 amide bonds. The summed E-state index contributed by atoms with van der Waals surface area (Å²) >= 11 is 5.04. The maximum absolute atomic E-state index is 11.8. The van der Waals surface area contributed by atoms with Crippen molar-refractivity contribution in [2.24, 2.45) is 0 Å². The second kappa shape index (κ2) is 5.34. The minimum Gasteiger partial charge on any atom is -0.359 e. The zero-order valence-corrected chi connectivity index (χ0v) is 11.3. The first-order chi connectivity index (χ1) is 8.56. The number of hydrazine groups is 1. The Labute approximate surface area is 111 Å². The van der Waals surface area contributed by atoms with Crippen molar-refractivity contribution in [2.45, 2.75) is 38.8 Å². The molecule has 3 N–H and O–H groups in total. The minimum atomic E-state index is -0.380. The van der Waals surface area contributed by atoms with Crippen LogP contribution in [0, 0.1) is 6.92 Å². The Morgan fingerprint density at radius 1 is 1.56 bits per heavy atom. The molecule has 0 aromatic carbocycles. The lowest BCUT2D eigenvalue weighted by Crippen LogP contribution is -2.49. The second-order valence-electron chi connectivity index (χ2n) is 4.54. The number of amides is 1. The number of nitrogens with one attached hydrogen (secondary N) is 3. The van der Waals surface area contributed by atoms with Gasteiger partial charge < -0.3 is 5.32 Å². The van der Waals surface area contributed by atoms with Gasteiger partial charge in [-0.15, -0.1) is 0 Å². The third-order valence-corrected chi connectivity index (χ3v) is 2.94. The molecule has 7 heteroatoms. The Kier molecular flexibility index (Phi) is 3.81. The van der Waals surface area contributed by atoms with Crippen molar-refractivity contribution in [1.82, 2.24) is 25.9 Å². The van der Waals surface area contributed by atoms with E-state index in [0.717, 1.165) is 18.4 Å². The van der Waals surface area contributed by atoms with Crippen LogP contribution in [0.1, 0.15) is 31.4 Å². The first-order valence-electron chi connectivity index (χ1n) is 5.93. The number of hydrogen-bond donors (Lipinski definition) is 3. The lowest BCUT2D eigenvalue weighted by molar-refractivity contribution is -0.124. The van der Waals surface area contributed by atoms with E-state index in [2.05, 4.69) is 21.3 Å². The van der Waals surface area contributed by atoms with Crippen molar-refractivity contribution in [3.05, 3.63) is 18.0 Å². The van der Waals surface area contributed by atoms with Crippen molar-refractivity contribution in [2.75, 3.05) is 0 Å². The summed E-state index contributed by atoms with van der Waals surface area (Å²) in [6.45, 7) is 3.71. The minimum absolute atomic E-state index is 0.182. The monoisotopic (exact) mass is 267 g/mol. The van der Waals surface area contributed by atoms with Crippen LogP contribution in [0.2, 0.25) is 0 Å². The Balaban J connectivity index is 1.78. The molecule has 2 rings (SSSR count). The van der Waals surface area contributed by atoms with Gasteiger partial charge in [-0.1, -0.05) is 0 Å². The highest BCUT2D eigenvalue weighted by atomic mass is 32.1. The van der Waals surface area contributed by atoms with Crippen LogP contribution >= 0.6 is 12.2 Å². The maximum Gasteiger partial charge on any atom is 0.262 e. The van der Waals surface area contributed by atoms with Crippen molar-refractivity contribution in [3.8, 4) is 0 Å². The van der Waals surface area contributed by atoms with Crippen LogP contribution in [-0.4, -0.2) is 26.8 Å². The number of carbonyl (C=O) groups excluding carboxylic acids is 1. The summed E-state index contributed by atoms with van der Waals surface area (Å²) in [5.41, 5.74) is 6.28. The van der Waals surface area contributed by atoms with Crippen molar-refractivity contribution >= 4 is 23.2 Å². The van der Waals surface area contributed by atoms with Crippen molar-refractivity contribution < 1.29 is 4.79 Å². The molecular weight excluding hydrogens is 250 g/mol. The highest BCUT2D eigenvalue weighted by molar-refractivity contribution is 7.80. The molecule has 0 radical (unpaired) electrons. The summed E-state index contributed by atoms with van der Waals surface area (Å²) in [6, 6.07) is 0.0861. The maximum atomic E-state index is 11.8. The topological polar surface area (TPSA) is 71.0 Å². The fourth-order valence-corrected chi connectivity index (χ4v) is 1.65. The van der Waals surface area contributed by atoms with Crippen LogP contribution in [0.3, 0.4) is 0 Å². The Morgan fingerprint density at radius 2 is 2.28 bits per heavy atom. The van der Waals surface area contributed by atoms with Crippen LogP contribution in [-0.2, 0) is 4.79 Å². The van der Waals surface area contributed by atoms with E-state index in [1.165, 1.54) is 0 Å². The van der Waals surface area contributed by atoms with E-state index in [1.54, 1.807) is 17.8 Å². The number of carbonyl (C=O) groups is 1. The third kappa shape index (κ3) is 3.43. The highest BCUT2D eigenvalue weighted by Crippen LogP contribution is 2.18. The van der Waals surface area contributed by atoms with E-state index in [9.17, 15) is 4.79 Å². The summed E-state index contributed by atoms with van der Waals surface area (Å²) in [6.07, 6.45) is 5.82. The van der Waals surface area contributed by atoms with Gasteiger partial charge in [0.2, 0.25) is 0 Å². The van der Waals surface area contributed by atoms with Gasteiger partial charge >= 0.3 is 0 Å². The van der Waals surface area contributed by atoms with Gasteiger partial charge in [-0.2, -0.15) is 5.10 Å². The first-order valence-corrected chi connectivity index (χ1v) is 6.34. The fraction of sp³-hybridized carbons (Fsp3) is 0.545. The highest BCUT2D eigenvalue weighted by Gasteiger charge is 2.22. The normalized spacial score (nSPS) is 15.9. The average molecular weight is 267 g/mol. The van der Waals surface area contributed by atoms with E-state index >= 15 is 0 Å². The van der Waals surface area contributed by atoms with E-state index in [4.69, 9.17) is 12.2 Å². The zero-order valence-electron chi connectivity index (χ0n) is 10.4. The summed E-state index contributed by atoms with van der Waals surface area (Å²) in [5, 5.41) is 7.63. The molecule has 1 aromatic rings. The largest absolute Gasteiger partial charge is 0.359 e. The van der Waals surface area contributed by atoms with Gasteiger partial charge in [-0.25, -0.2) is 0 Å². The Hall–Kier alpha value is -1.63. The third-order valence-electron chi connectivity index (χ3n) is 2.72. The molecule has 1 aliphatic carbocycles. The van der Waals surface area contributed by atoms with Crippen molar-refractivity contribution in [1.29, 1.82) is 0 Å². The molecule has 0 saturated heterocycles. The molecule has 1 atom stereocenters. The molecule has 0 spiro atoms. The zero-order chi connectivity index (χ0) is 13.1. The molecule has 1 unspecified atom stereocenters. The van der Waals surface area contributed by atoms with E-state index in [0.29, 0.717) is 11.2 Å². The summed E-state index contributed by atoms with van der Waals surface area (Å²) in [4.78, 5) is 11.8. The predicted molar refractivity (Wildman–Crippen MR) is 71.7 cm³/mol. The predicted octanol–water partition coefficient (Wildman–Crippen LogP) is 0.410. The van der Waals surface area contributed by atoms with Gasteiger partial charge in [0.05, 0.1) is 6.20 Å². The molecule has 1 aromatic heterocycles. The number of nitrogens with zero attached hydrogens (tertiary/aromatic N) is 2. The molecule has 6 nitrogen and oxygen atoms in total. The standard InChI is InChI=1S/C11H17N5OS/c1-7-5-12-16(6-7)8(2)10(17)14-15-11(18)13-9-3-4-9/h5-6,8-9H,3-4H2,1-2H3,(H,14,17)(H2,13,15,18). The average Bonchev–Trinajstić information content (AvgIpc) is 3.04. The van der Waals surface area contributed by atoms with Gasteiger partial charge in [-0.3, -0.25) is 20.3 Å². The van der Waals surface area contributed by atoms with E-state index < -0.39 is 0 Å². The molecule has 0 bridgehead atoms. The lowest BCUT2D eigenvalue weighted by Gasteiger charge is -2.15. The summed E-state index contributed by atoms with van der Waals surface area (Å²) < 4.78 is 1.61. The molecule has 1 fully saturated rings. The molecule has 0 aliphatic heterocycles. The fourth-order valence-electron chi connectivity index (χ4n) is 1.44.